The van der Waals surface area contributed by atoms with Gasteiger partial charge in [-0.15, -0.1) is 9.36 Å². The van der Waals surface area contributed by atoms with Crippen molar-refractivity contribution in [1.29, 1.82) is 0 Å². The summed E-state index contributed by atoms with van der Waals surface area (Å²) in [6.45, 7) is 7.34. The molecule has 5 unspecified atom stereocenters. The first-order chi connectivity index (χ1) is 18.7. The van der Waals surface area contributed by atoms with Gasteiger partial charge in [-0.3, -0.25) is 24.6 Å². The van der Waals surface area contributed by atoms with Crippen LogP contribution in [-0.4, -0.2) is 56.3 Å². The number of fused-ring (bicyclic) bond motifs is 1. The minimum Gasteiger partial charge on any atom is -0.480 e. The number of nitrogens with one attached hydrogen (secondary N) is 3. The minimum atomic E-state index is -0.899. The maximum Gasteiger partial charge on any atom is 0.332 e. The van der Waals surface area contributed by atoms with Crippen LogP contribution in [-0.2, 0) is 25.7 Å². The molecule has 12 nitrogen and oxygen atoms in total. The molecule has 1 aromatic heterocycles. The van der Waals surface area contributed by atoms with Gasteiger partial charge in [-0.1, -0.05) is 46.5 Å². The summed E-state index contributed by atoms with van der Waals surface area (Å²) >= 11 is 0. The van der Waals surface area contributed by atoms with Gasteiger partial charge < -0.3 is 10.4 Å². The molecule has 2 aliphatic rings. The number of hydroxylamine groups is 1. The molecule has 3 amide bonds. The van der Waals surface area contributed by atoms with Crippen molar-refractivity contribution in [3.05, 3.63) is 18.0 Å². The molecule has 5 N–H and O–H groups in total. The number of carboxylic acids is 1. The van der Waals surface area contributed by atoms with Crippen molar-refractivity contribution in [2.24, 2.45) is 11.8 Å². The van der Waals surface area contributed by atoms with E-state index in [1.165, 1.54) is 5.01 Å². The number of amides is 3. The molecule has 0 bridgehead atoms. The fourth-order valence-electron chi connectivity index (χ4n) is 5.67. The van der Waals surface area contributed by atoms with Crippen molar-refractivity contribution in [1.82, 2.24) is 25.9 Å². The van der Waals surface area contributed by atoms with Gasteiger partial charge in [-0.05, 0) is 31.6 Å². The van der Waals surface area contributed by atoms with E-state index in [1.807, 2.05) is 30.8 Å². The number of unbranched alkanes of at least 4 members (excludes halogenated alkanes) is 2. The second-order valence-corrected chi connectivity index (χ2v) is 10.8. The standard InChI is InChI=1S/C27H44N6O6/c1-4-6-7-10-19(17-23(34)30-39)26(36)32-21(11-8-14-28-32)25(35)29-24(18(3)5-2)20-13-16-31-15-9-12-22(27(37)38)33(20)31/h13,16,18-19,21-22,24,28H,4-12,14-15,17H2,1-3H3,(H3-,29,30,34,35,37,38,39)/p+1. The molecular weight excluding hydrogens is 504 g/mol. The van der Waals surface area contributed by atoms with Crippen LogP contribution >= 0.6 is 0 Å². The predicted molar refractivity (Wildman–Crippen MR) is 141 cm³/mol. The molecule has 0 spiro atoms. The van der Waals surface area contributed by atoms with Crippen LogP contribution in [0.4, 0.5) is 0 Å². The molecule has 1 aromatic rings. The number of hydrogen-bond donors (Lipinski definition) is 5. The van der Waals surface area contributed by atoms with Gasteiger partial charge in [0.25, 0.3) is 0 Å². The lowest BCUT2D eigenvalue weighted by molar-refractivity contribution is -0.784. The second-order valence-electron chi connectivity index (χ2n) is 10.8. The van der Waals surface area contributed by atoms with Crippen molar-refractivity contribution < 1.29 is 34.2 Å². The number of aliphatic carboxylic acids is 1. The molecule has 5 atom stereocenters. The monoisotopic (exact) mass is 549 g/mol. The zero-order valence-corrected chi connectivity index (χ0v) is 23.4. The molecule has 0 aromatic carbocycles. The van der Waals surface area contributed by atoms with E-state index in [1.54, 1.807) is 10.2 Å². The number of carboxylic acid groups (broad SMARTS) is 1. The Morgan fingerprint density at radius 1 is 1.15 bits per heavy atom. The van der Waals surface area contributed by atoms with Gasteiger partial charge in [0.05, 0.1) is 6.04 Å². The summed E-state index contributed by atoms with van der Waals surface area (Å²) in [4.78, 5) is 51.4. The Kier molecular flexibility index (Phi) is 11.3. The molecular formula is C27H45N6O6+. The highest BCUT2D eigenvalue weighted by Crippen LogP contribution is 2.30. The number of hydrogen-bond acceptors (Lipinski definition) is 6. The molecule has 12 heteroatoms. The third kappa shape index (κ3) is 7.36. The number of aromatic nitrogens is 2. The third-order valence-electron chi connectivity index (χ3n) is 8.08. The number of carbonyl (C=O) groups is 4. The van der Waals surface area contributed by atoms with E-state index >= 15 is 0 Å². The molecule has 3 heterocycles. The van der Waals surface area contributed by atoms with Crippen LogP contribution < -0.4 is 20.9 Å². The summed E-state index contributed by atoms with van der Waals surface area (Å²) < 4.78 is 3.70. The molecule has 0 radical (unpaired) electrons. The Morgan fingerprint density at radius 3 is 2.56 bits per heavy atom. The molecule has 1 fully saturated rings. The SMILES string of the molecule is CCCCCC(CC(=O)NO)C(=O)N1NCCCC1C(=O)NC(c1cc[n+]2n1C(C(=O)O)CCC2)C(C)CC. The van der Waals surface area contributed by atoms with Gasteiger partial charge in [0, 0.05) is 31.4 Å². The predicted octanol–water partition coefficient (Wildman–Crippen LogP) is 1.99. The number of nitrogens with zero attached hydrogens (tertiary/aromatic N) is 3. The van der Waals surface area contributed by atoms with Crippen molar-refractivity contribution in [3.63, 3.8) is 0 Å². The smallest absolute Gasteiger partial charge is 0.332 e. The minimum absolute atomic E-state index is 0.0145. The highest BCUT2D eigenvalue weighted by atomic mass is 16.5. The van der Waals surface area contributed by atoms with Crippen molar-refractivity contribution in [3.8, 4) is 0 Å². The Balaban J connectivity index is 1.85. The highest BCUT2D eigenvalue weighted by Gasteiger charge is 2.40. The van der Waals surface area contributed by atoms with Crippen LogP contribution in [0.25, 0.3) is 0 Å². The molecule has 0 aliphatic carbocycles. The zero-order chi connectivity index (χ0) is 28.5. The van der Waals surface area contributed by atoms with Crippen LogP contribution in [0, 0.1) is 11.8 Å². The van der Waals surface area contributed by atoms with Gasteiger partial charge in [0.15, 0.2) is 18.8 Å². The fourth-order valence-corrected chi connectivity index (χ4v) is 5.67. The third-order valence-corrected chi connectivity index (χ3v) is 8.08. The number of rotatable bonds is 13. The Hall–Kier alpha value is -2.99. The van der Waals surface area contributed by atoms with E-state index < -0.39 is 35.9 Å². The van der Waals surface area contributed by atoms with Gasteiger partial charge in [-0.2, -0.15) is 0 Å². The van der Waals surface area contributed by atoms with E-state index in [9.17, 15) is 24.3 Å². The first-order valence-corrected chi connectivity index (χ1v) is 14.4. The summed E-state index contributed by atoms with van der Waals surface area (Å²) in [6, 6.07) is -0.0360. The van der Waals surface area contributed by atoms with Crippen LogP contribution in [0.3, 0.4) is 0 Å². The van der Waals surface area contributed by atoms with E-state index in [2.05, 4.69) is 17.7 Å². The lowest BCUT2D eigenvalue weighted by Crippen LogP contribution is -2.60. The van der Waals surface area contributed by atoms with E-state index in [4.69, 9.17) is 5.21 Å². The number of carbonyl (C=O) groups excluding carboxylic acids is 3. The fraction of sp³-hybridized carbons (Fsp3) is 0.741. The maximum atomic E-state index is 13.8. The van der Waals surface area contributed by atoms with Crippen molar-refractivity contribution >= 4 is 23.7 Å². The molecule has 2 aliphatic heterocycles. The molecule has 218 valence electrons. The van der Waals surface area contributed by atoms with Crippen molar-refractivity contribution in [2.75, 3.05) is 6.54 Å². The van der Waals surface area contributed by atoms with Gasteiger partial charge >= 0.3 is 5.97 Å². The molecule has 3 rings (SSSR count). The van der Waals surface area contributed by atoms with Gasteiger partial charge in [0.1, 0.15) is 11.7 Å². The molecule has 1 saturated heterocycles. The van der Waals surface area contributed by atoms with Crippen LogP contribution in [0.15, 0.2) is 12.3 Å². The summed E-state index contributed by atoms with van der Waals surface area (Å²) in [5.74, 6) is -2.84. The molecule has 0 saturated carbocycles. The summed E-state index contributed by atoms with van der Waals surface area (Å²) in [5, 5.41) is 23.5. The quantitative estimate of drug-likeness (QED) is 0.109. The zero-order valence-electron chi connectivity index (χ0n) is 23.4. The maximum absolute atomic E-state index is 13.8. The summed E-state index contributed by atoms with van der Waals surface area (Å²) in [7, 11) is 0. The molecule has 39 heavy (non-hydrogen) atoms. The topological polar surface area (TPSA) is 157 Å². The van der Waals surface area contributed by atoms with E-state index in [0.29, 0.717) is 38.8 Å². The van der Waals surface area contributed by atoms with Gasteiger partial charge in [-0.25, -0.2) is 15.7 Å². The normalized spacial score (nSPS) is 21.4. The Morgan fingerprint density at radius 2 is 1.90 bits per heavy atom. The number of hydrazine groups is 1. The average Bonchev–Trinajstić information content (AvgIpc) is 3.38. The largest absolute Gasteiger partial charge is 0.480 e. The van der Waals surface area contributed by atoms with Gasteiger partial charge in [0.2, 0.25) is 17.7 Å². The van der Waals surface area contributed by atoms with Crippen LogP contribution in [0.2, 0.25) is 0 Å². The lowest BCUT2D eigenvalue weighted by Gasteiger charge is -2.38. The van der Waals surface area contributed by atoms with E-state index in [-0.39, 0.29) is 24.2 Å². The Labute approximate surface area is 230 Å². The second kappa shape index (κ2) is 14.4. The average molecular weight is 550 g/mol. The highest BCUT2D eigenvalue weighted by molar-refractivity contribution is 5.90. The van der Waals surface area contributed by atoms with E-state index in [0.717, 1.165) is 37.8 Å². The summed E-state index contributed by atoms with van der Waals surface area (Å²) in [5.41, 5.74) is 5.44. The van der Waals surface area contributed by atoms with Crippen LogP contribution in [0.1, 0.15) is 103 Å². The van der Waals surface area contributed by atoms with Crippen LogP contribution in [0.5, 0.6) is 0 Å². The summed E-state index contributed by atoms with van der Waals surface area (Å²) in [6.07, 6.45) is 8.03. The number of aryl methyl sites for hydroxylation is 1. The lowest BCUT2D eigenvalue weighted by atomic mass is 9.93. The first kappa shape index (κ1) is 30.6. The first-order valence-electron chi connectivity index (χ1n) is 14.4. The Bertz CT molecular complexity index is 1010. The van der Waals surface area contributed by atoms with Crippen molar-refractivity contribution in [2.45, 2.75) is 110 Å².